The Balaban J connectivity index is 1.89. The van der Waals surface area contributed by atoms with Gasteiger partial charge in [-0.3, -0.25) is 9.10 Å². The van der Waals surface area contributed by atoms with Crippen molar-refractivity contribution in [3.63, 3.8) is 0 Å². The summed E-state index contributed by atoms with van der Waals surface area (Å²) in [4.78, 5) is 13.0. The number of carbonyl (C=O) groups excluding carboxylic acids is 1. The number of anilines is 1. The Bertz CT molecular complexity index is 1100. The van der Waals surface area contributed by atoms with Crippen LogP contribution >= 0.6 is 11.3 Å². The first-order chi connectivity index (χ1) is 13.8. The number of benzene rings is 2. The van der Waals surface area contributed by atoms with E-state index in [4.69, 9.17) is 0 Å². The summed E-state index contributed by atoms with van der Waals surface area (Å²) in [6.45, 7) is 5.00. The molecule has 154 valence electrons. The minimum Gasteiger partial charge on any atom is -0.351 e. The predicted octanol–water partition coefficient (Wildman–Crippen LogP) is 4.71. The van der Waals surface area contributed by atoms with Crippen molar-refractivity contribution in [2.75, 3.05) is 17.1 Å². The number of amides is 1. The molecular weight excluding hydrogens is 404 g/mol. The number of unbranched alkanes of at least 4 members (excludes halogenated alkanes) is 1. The van der Waals surface area contributed by atoms with Gasteiger partial charge in [0, 0.05) is 11.2 Å². The highest BCUT2D eigenvalue weighted by molar-refractivity contribution is 7.92. The summed E-state index contributed by atoms with van der Waals surface area (Å²) in [5.41, 5.74) is 2.64. The number of fused-ring (bicyclic) bond motifs is 1. The molecule has 0 aliphatic carbocycles. The number of hydrogen-bond donors (Lipinski definition) is 1. The van der Waals surface area contributed by atoms with E-state index in [1.165, 1.54) is 21.9 Å². The molecule has 0 aliphatic rings. The quantitative estimate of drug-likeness (QED) is 0.527. The monoisotopic (exact) mass is 430 g/mol. The molecule has 1 aromatic heterocycles. The fourth-order valence-electron chi connectivity index (χ4n) is 3.02. The second-order valence-electron chi connectivity index (χ2n) is 7.20. The van der Waals surface area contributed by atoms with E-state index in [2.05, 4.69) is 12.2 Å². The highest BCUT2D eigenvalue weighted by Gasteiger charge is 2.19. The van der Waals surface area contributed by atoms with Gasteiger partial charge in [-0.2, -0.15) is 0 Å². The largest absolute Gasteiger partial charge is 0.351 e. The van der Waals surface area contributed by atoms with Crippen molar-refractivity contribution < 1.29 is 13.2 Å². The summed E-state index contributed by atoms with van der Waals surface area (Å²) < 4.78 is 27.3. The Morgan fingerprint density at radius 3 is 2.48 bits per heavy atom. The molecule has 3 aromatic rings. The van der Waals surface area contributed by atoms with Crippen LogP contribution in [0.25, 0.3) is 10.1 Å². The number of aryl methyl sites for hydroxylation is 1. The van der Waals surface area contributed by atoms with E-state index in [-0.39, 0.29) is 12.5 Å². The van der Waals surface area contributed by atoms with E-state index >= 15 is 0 Å². The van der Waals surface area contributed by atoms with Crippen LogP contribution in [0, 0.1) is 6.92 Å². The lowest BCUT2D eigenvalue weighted by Crippen LogP contribution is -2.29. The van der Waals surface area contributed by atoms with E-state index in [0.29, 0.717) is 17.1 Å². The number of thiophene rings is 1. The second kappa shape index (κ2) is 8.97. The van der Waals surface area contributed by atoms with E-state index in [0.717, 1.165) is 34.1 Å². The standard InChI is InChI=1S/C22H26N2O3S2/c1-4-5-12-23-22(25)21-14-18-13-19(10-11-20(18)28-21)24(29(3,26)27)15-17-8-6-16(2)7-9-17/h6-11,13-14H,4-5,12,15H2,1-3H3,(H,23,25). The van der Waals surface area contributed by atoms with Gasteiger partial charge in [0.2, 0.25) is 10.0 Å². The molecule has 1 amide bonds. The highest BCUT2D eigenvalue weighted by atomic mass is 32.2. The third-order valence-electron chi connectivity index (χ3n) is 4.67. The Morgan fingerprint density at radius 1 is 1.10 bits per heavy atom. The predicted molar refractivity (Wildman–Crippen MR) is 121 cm³/mol. The zero-order chi connectivity index (χ0) is 21.0. The highest BCUT2D eigenvalue weighted by Crippen LogP contribution is 2.31. The lowest BCUT2D eigenvalue weighted by atomic mass is 10.1. The van der Waals surface area contributed by atoms with E-state index in [1.807, 2.05) is 49.4 Å². The fraction of sp³-hybridized carbons (Fsp3) is 0.318. The van der Waals surface area contributed by atoms with Gasteiger partial charge in [0.15, 0.2) is 0 Å². The number of rotatable bonds is 8. The van der Waals surface area contributed by atoms with Crippen LogP contribution in [0.15, 0.2) is 48.5 Å². The zero-order valence-electron chi connectivity index (χ0n) is 16.9. The summed E-state index contributed by atoms with van der Waals surface area (Å²) in [7, 11) is -3.46. The Kier molecular flexibility index (Phi) is 6.59. The van der Waals surface area contributed by atoms with Crippen LogP contribution in [-0.4, -0.2) is 27.1 Å². The third kappa shape index (κ3) is 5.36. The summed E-state index contributed by atoms with van der Waals surface area (Å²) in [6, 6.07) is 15.2. The van der Waals surface area contributed by atoms with Crippen LogP contribution in [-0.2, 0) is 16.6 Å². The molecule has 0 unspecified atom stereocenters. The summed E-state index contributed by atoms with van der Waals surface area (Å²) in [6.07, 6.45) is 3.19. The van der Waals surface area contributed by atoms with Crippen molar-refractivity contribution in [2.45, 2.75) is 33.2 Å². The first-order valence-electron chi connectivity index (χ1n) is 9.63. The summed E-state index contributed by atoms with van der Waals surface area (Å²) in [5.74, 6) is -0.0826. The first kappa shape index (κ1) is 21.3. The van der Waals surface area contributed by atoms with E-state index in [1.54, 1.807) is 6.07 Å². The molecule has 2 aromatic carbocycles. The maximum Gasteiger partial charge on any atom is 0.261 e. The van der Waals surface area contributed by atoms with Gasteiger partial charge >= 0.3 is 0 Å². The first-order valence-corrected chi connectivity index (χ1v) is 12.3. The topological polar surface area (TPSA) is 66.5 Å². The van der Waals surface area contributed by atoms with Gasteiger partial charge in [-0.05, 0) is 48.6 Å². The van der Waals surface area contributed by atoms with Gasteiger partial charge in [-0.15, -0.1) is 11.3 Å². The molecular formula is C22H26N2O3S2. The molecule has 0 aliphatic heterocycles. The van der Waals surface area contributed by atoms with Gasteiger partial charge in [-0.1, -0.05) is 43.2 Å². The maximum atomic E-state index is 12.5. The van der Waals surface area contributed by atoms with Crippen molar-refractivity contribution in [2.24, 2.45) is 0 Å². The van der Waals surface area contributed by atoms with Crippen LogP contribution in [0.5, 0.6) is 0 Å². The minimum atomic E-state index is -3.46. The van der Waals surface area contributed by atoms with Gasteiger partial charge in [0.1, 0.15) is 0 Å². The van der Waals surface area contributed by atoms with E-state index < -0.39 is 10.0 Å². The minimum absolute atomic E-state index is 0.0826. The fourth-order valence-corrected chi connectivity index (χ4v) is 4.86. The lowest BCUT2D eigenvalue weighted by molar-refractivity contribution is 0.0957. The van der Waals surface area contributed by atoms with Gasteiger partial charge in [0.05, 0.1) is 23.4 Å². The van der Waals surface area contributed by atoms with Crippen LogP contribution < -0.4 is 9.62 Å². The molecule has 1 heterocycles. The summed E-state index contributed by atoms with van der Waals surface area (Å²) in [5, 5.41) is 3.79. The second-order valence-corrected chi connectivity index (χ2v) is 10.2. The molecule has 0 saturated heterocycles. The lowest BCUT2D eigenvalue weighted by Gasteiger charge is -2.22. The molecule has 0 fully saturated rings. The van der Waals surface area contributed by atoms with Crippen LogP contribution in [0.4, 0.5) is 5.69 Å². The average molecular weight is 431 g/mol. The molecule has 0 saturated carbocycles. The number of sulfonamides is 1. The van der Waals surface area contributed by atoms with Crippen molar-refractivity contribution in [1.29, 1.82) is 0 Å². The zero-order valence-corrected chi connectivity index (χ0v) is 18.6. The van der Waals surface area contributed by atoms with Crippen LogP contribution in [0.1, 0.15) is 40.6 Å². The maximum absolute atomic E-state index is 12.5. The van der Waals surface area contributed by atoms with Crippen LogP contribution in [0.2, 0.25) is 0 Å². The molecule has 0 spiro atoms. The average Bonchev–Trinajstić information content (AvgIpc) is 3.10. The molecule has 7 heteroatoms. The van der Waals surface area contributed by atoms with E-state index in [9.17, 15) is 13.2 Å². The Hall–Kier alpha value is -2.38. The van der Waals surface area contributed by atoms with Gasteiger partial charge < -0.3 is 5.32 Å². The molecule has 5 nitrogen and oxygen atoms in total. The smallest absolute Gasteiger partial charge is 0.261 e. The molecule has 0 atom stereocenters. The molecule has 29 heavy (non-hydrogen) atoms. The van der Waals surface area contributed by atoms with Crippen molar-refractivity contribution in [3.05, 3.63) is 64.5 Å². The molecule has 0 radical (unpaired) electrons. The number of nitrogens with one attached hydrogen (secondary N) is 1. The normalized spacial score (nSPS) is 11.6. The van der Waals surface area contributed by atoms with Gasteiger partial charge in [0.25, 0.3) is 5.91 Å². The summed E-state index contributed by atoms with van der Waals surface area (Å²) >= 11 is 1.42. The van der Waals surface area contributed by atoms with Crippen molar-refractivity contribution in [3.8, 4) is 0 Å². The third-order valence-corrected chi connectivity index (χ3v) is 6.93. The van der Waals surface area contributed by atoms with Gasteiger partial charge in [-0.25, -0.2) is 8.42 Å². The number of nitrogens with zero attached hydrogens (tertiary/aromatic N) is 1. The SMILES string of the molecule is CCCCNC(=O)c1cc2cc(N(Cc3ccc(C)cc3)S(C)(=O)=O)ccc2s1. The number of hydrogen-bond acceptors (Lipinski definition) is 4. The van der Waals surface area contributed by atoms with Crippen molar-refractivity contribution >= 4 is 43.0 Å². The Labute approximate surface area is 176 Å². The number of carbonyl (C=O) groups is 1. The molecule has 1 N–H and O–H groups in total. The molecule has 3 rings (SSSR count). The van der Waals surface area contributed by atoms with Crippen LogP contribution in [0.3, 0.4) is 0 Å². The Morgan fingerprint density at radius 2 is 1.83 bits per heavy atom. The molecule has 0 bridgehead atoms. The van der Waals surface area contributed by atoms with Crippen molar-refractivity contribution in [1.82, 2.24) is 5.32 Å².